The molecule has 2 aliphatic heterocycles. The lowest BCUT2D eigenvalue weighted by molar-refractivity contribution is -0.124. The summed E-state index contributed by atoms with van der Waals surface area (Å²) in [6.07, 6.45) is 7.24. The number of urea groups is 1. The predicted molar refractivity (Wildman–Crippen MR) is 135 cm³/mol. The van der Waals surface area contributed by atoms with E-state index in [0.717, 1.165) is 6.54 Å². The first-order valence-corrected chi connectivity index (χ1v) is 13.3. The number of aliphatic imine (C=N–C) groups is 1. The Morgan fingerprint density at radius 2 is 1.89 bits per heavy atom. The minimum absolute atomic E-state index is 0.213. The number of carbonyl (C=O) groups excluding carboxylic acids is 2. The first-order valence-electron chi connectivity index (χ1n) is 13.3. The average molecular weight is 490 g/mol. The number of likely N-dealkylation sites (tertiary alicyclic amines) is 1. The number of nitrogens with one attached hydrogen (secondary N) is 3. The van der Waals surface area contributed by atoms with Crippen LogP contribution in [-0.4, -0.2) is 91.3 Å². The van der Waals surface area contributed by atoms with Crippen molar-refractivity contribution in [2.45, 2.75) is 83.3 Å². The van der Waals surface area contributed by atoms with Crippen LogP contribution in [0.3, 0.4) is 0 Å². The van der Waals surface area contributed by atoms with Crippen LogP contribution in [0.25, 0.3) is 0 Å². The second-order valence-electron chi connectivity index (χ2n) is 10.4. The molecule has 10 heteroatoms. The second-order valence-corrected chi connectivity index (χ2v) is 10.4. The monoisotopic (exact) mass is 489 g/mol. The van der Waals surface area contributed by atoms with Gasteiger partial charge in [0.25, 0.3) is 0 Å². The minimum atomic E-state index is -0.897. The molecule has 10 nitrogen and oxygen atoms in total. The Hall–Kier alpha value is -2.38. The van der Waals surface area contributed by atoms with Crippen molar-refractivity contribution in [1.82, 2.24) is 25.8 Å². The number of nitrogens with zero attached hydrogens (tertiary/aromatic N) is 4. The first kappa shape index (κ1) is 27.2. The van der Waals surface area contributed by atoms with Gasteiger partial charge in [-0.05, 0) is 38.5 Å². The lowest BCUT2D eigenvalue weighted by Gasteiger charge is -2.33. The van der Waals surface area contributed by atoms with Gasteiger partial charge < -0.3 is 20.3 Å². The van der Waals surface area contributed by atoms with Crippen molar-refractivity contribution in [2.75, 3.05) is 45.9 Å². The number of rotatable bonds is 7. The van der Waals surface area contributed by atoms with Crippen LogP contribution in [0.1, 0.15) is 65.7 Å². The Labute approximate surface area is 209 Å². The van der Waals surface area contributed by atoms with Gasteiger partial charge in [-0.2, -0.15) is 5.26 Å². The number of carbonyl (C=O) groups is 2. The van der Waals surface area contributed by atoms with Crippen molar-refractivity contribution in [3.63, 3.8) is 0 Å². The number of amides is 3. The van der Waals surface area contributed by atoms with Crippen LogP contribution in [0.2, 0.25) is 0 Å². The molecule has 3 rings (SSSR count). The van der Waals surface area contributed by atoms with Gasteiger partial charge in [0, 0.05) is 38.8 Å². The molecule has 35 heavy (non-hydrogen) atoms. The third-order valence-electron chi connectivity index (χ3n) is 7.12. The van der Waals surface area contributed by atoms with Gasteiger partial charge in [-0.3, -0.25) is 15.0 Å². The maximum absolute atomic E-state index is 13.6. The number of hydrogen-bond donors (Lipinski definition) is 3. The zero-order valence-electron chi connectivity index (χ0n) is 21.6. The summed E-state index contributed by atoms with van der Waals surface area (Å²) in [4.78, 5) is 35.0. The van der Waals surface area contributed by atoms with Crippen molar-refractivity contribution < 1.29 is 14.3 Å². The first-order chi connectivity index (χ1) is 16.9. The lowest BCUT2D eigenvalue weighted by Crippen LogP contribution is -2.55. The maximum atomic E-state index is 13.6. The van der Waals surface area contributed by atoms with Crippen LogP contribution < -0.4 is 16.0 Å². The van der Waals surface area contributed by atoms with Gasteiger partial charge in [0.05, 0.1) is 19.3 Å². The molecule has 2 unspecified atom stereocenters. The largest absolute Gasteiger partial charge is 0.378 e. The fourth-order valence-electron chi connectivity index (χ4n) is 5.22. The van der Waals surface area contributed by atoms with E-state index in [4.69, 9.17) is 9.73 Å². The summed E-state index contributed by atoms with van der Waals surface area (Å²) in [6.45, 7) is 10.0. The van der Waals surface area contributed by atoms with Crippen LogP contribution in [0.15, 0.2) is 4.99 Å². The van der Waals surface area contributed by atoms with Crippen molar-refractivity contribution in [1.29, 1.82) is 5.26 Å². The van der Waals surface area contributed by atoms with Crippen molar-refractivity contribution in [3.8, 4) is 6.07 Å². The van der Waals surface area contributed by atoms with E-state index in [1.807, 2.05) is 25.7 Å². The molecule has 3 aliphatic rings. The smallest absolute Gasteiger partial charge is 0.321 e. The minimum Gasteiger partial charge on any atom is -0.378 e. The lowest BCUT2D eigenvalue weighted by atomic mass is 9.94. The molecule has 0 aromatic rings. The highest BCUT2D eigenvalue weighted by Gasteiger charge is 2.43. The summed E-state index contributed by atoms with van der Waals surface area (Å²) < 4.78 is 5.45. The van der Waals surface area contributed by atoms with Crippen LogP contribution in [0, 0.1) is 17.2 Å². The molecule has 196 valence electrons. The maximum Gasteiger partial charge on any atom is 0.321 e. The van der Waals surface area contributed by atoms with Crippen LogP contribution in [0.5, 0.6) is 0 Å². The SMILES string of the molecule is CCNC(=O)NC(=NC(CC(C)C)C(=O)NC1(C#N)CCN(C2CCCCC2)C1)N1CCOCC1. The quantitative estimate of drug-likeness (QED) is 0.370. The highest BCUT2D eigenvalue weighted by atomic mass is 16.5. The molecular formula is C25H43N7O3. The fraction of sp³-hybridized carbons (Fsp3) is 0.840. The fourth-order valence-corrected chi connectivity index (χ4v) is 5.22. The topological polar surface area (TPSA) is 122 Å². The van der Waals surface area contributed by atoms with Crippen LogP contribution >= 0.6 is 0 Å². The molecular weight excluding hydrogens is 446 g/mol. The molecule has 0 bridgehead atoms. The van der Waals surface area contributed by atoms with Gasteiger partial charge in [-0.25, -0.2) is 9.79 Å². The zero-order chi connectivity index (χ0) is 25.3. The molecule has 2 heterocycles. The molecule has 1 saturated carbocycles. The molecule has 0 radical (unpaired) electrons. The number of ether oxygens (including phenoxy) is 1. The molecule has 0 aromatic heterocycles. The number of morpholine rings is 1. The Kier molecular flexibility index (Phi) is 10.2. The van der Waals surface area contributed by atoms with Crippen LogP contribution in [-0.2, 0) is 9.53 Å². The Balaban J connectivity index is 1.76. The normalized spacial score (nSPS) is 25.2. The molecule has 1 aliphatic carbocycles. The van der Waals surface area contributed by atoms with Crippen molar-refractivity contribution in [3.05, 3.63) is 0 Å². The Morgan fingerprint density at radius 1 is 1.17 bits per heavy atom. The third-order valence-corrected chi connectivity index (χ3v) is 7.12. The molecule has 3 fully saturated rings. The van der Waals surface area contributed by atoms with E-state index in [1.165, 1.54) is 32.1 Å². The Bertz CT molecular complexity index is 784. The molecule has 2 saturated heterocycles. The number of nitriles is 1. The summed E-state index contributed by atoms with van der Waals surface area (Å²) in [5.41, 5.74) is -0.897. The van der Waals surface area contributed by atoms with Gasteiger partial charge in [-0.1, -0.05) is 33.1 Å². The van der Waals surface area contributed by atoms with Gasteiger partial charge >= 0.3 is 6.03 Å². The van der Waals surface area contributed by atoms with E-state index < -0.39 is 11.6 Å². The molecule has 0 aromatic carbocycles. The summed E-state index contributed by atoms with van der Waals surface area (Å²) >= 11 is 0. The molecule has 3 amide bonds. The standard InChI is InChI=1S/C25H43N7O3/c1-4-27-24(34)29-23(31-12-14-35-15-13-31)28-21(16-19(2)3)22(33)30-25(17-26)10-11-32(18-25)20-8-6-5-7-9-20/h19-21H,4-16,18H2,1-3H3,(H,30,33)(H2,27,28,29,34). The average Bonchev–Trinajstić information content (AvgIpc) is 3.28. The van der Waals surface area contributed by atoms with Gasteiger partial charge in [-0.15, -0.1) is 0 Å². The molecule has 2 atom stereocenters. The van der Waals surface area contributed by atoms with Gasteiger partial charge in [0.1, 0.15) is 11.6 Å². The summed E-state index contributed by atoms with van der Waals surface area (Å²) in [5.74, 6) is 0.334. The third kappa shape index (κ3) is 7.80. The van der Waals surface area contributed by atoms with Gasteiger partial charge in [0.15, 0.2) is 0 Å². The second kappa shape index (κ2) is 13.1. The van der Waals surface area contributed by atoms with Crippen LogP contribution in [0.4, 0.5) is 4.79 Å². The van der Waals surface area contributed by atoms with E-state index in [9.17, 15) is 14.9 Å². The van der Waals surface area contributed by atoms with E-state index >= 15 is 0 Å². The summed E-state index contributed by atoms with van der Waals surface area (Å²) in [5, 5.41) is 18.7. The number of hydrogen-bond acceptors (Lipinski definition) is 6. The van der Waals surface area contributed by atoms with E-state index in [1.54, 1.807) is 0 Å². The molecule has 3 N–H and O–H groups in total. The van der Waals surface area contributed by atoms with Gasteiger partial charge in [0.2, 0.25) is 11.9 Å². The van der Waals surface area contributed by atoms with E-state index in [0.29, 0.717) is 64.2 Å². The predicted octanol–water partition coefficient (Wildman–Crippen LogP) is 1.83. The highest BCUT2D eigenvalue weighted by Crippen LogP contribution is 2.30. The number of guanidine groups is 1. The Morgan fingerprint density at radius 3 is 2.51 bits per heavy atom. The van der Waals surface area contributed by atoms with Crippen molar-refractivity contribution in [2.24, 2.45) is 10.9 Å². The molecule has 0 spiro atoms. The van der Waals surface area contributed by atoms with E-state index in [2.05, 4.69) is 26.9 Å². The summed E-state index contributed by atoms with van der Waals surface area (Å²) in [6, 6.07) is 1.87. The van der Waals surface area contributed by atoms with Crippen molar-refractivity contribution >= 4 is 17.9 Å². The van der Waals surface area contributed by atoms with E-state index in [-0.39, 0.29) is 17.9 Å². The summed E-state index contributed by atoms with van der Waals surface area (Å²) in [7, 11) is 0. The zero-order valence-corrected chi connectivity index (χ0v) is 21.6. The highest BCUT2D eigenvalue weighted by molar-refractivity contribution is 5.97.